The molecule has 0 amide bonds. The lowest BCUT2D eigenvalue weighted by molar-refractivity contribution is 1.09. The zero-order valence-electron chi connectivity index (χ0n) is 13.7. The second-order valence-corrected chi connectivity index (χ2v) is 5.85. The molecule has 0 fully saturated rings. The number of nitrogens with one attached hydrogen (secondary N) is 1. The molecule has 0 atom stereocenters. The second-order valence-electron chi connectivity index (χ2n) is 5.85. The van der Waals surface area contributed by atoms with Crippen molar-refractivity contribution in [1.29, 1.82) is 0 Å². The van der Waals surface area contributed by atoms with Crippen LogP contribution in [-0.4, -0.2) is 9.97 Å². The predicted octanol–water partition coefficient (Wildman–Crippen LogP) is 4.49. The first-order chi connectivity index (χ1) is 12.3. The standard InChI is InChI=1S/C21H18N4/c22-20-21(24-13-15-7-2-1-3-8-15)25-19(14-23-20)18-12-6-10-16-9-4-5-11-17(16)18/h1-12,14H,13H2,(H2,22,23)(H,24,25). The van der Waals surface area contributed by atoms with E-state index in [0.29, 0.717) is 18.2 Å². The zero-order valence-corrected chi connectivity index (χ0v) is 13.7. The van der Waals surface area contributed by atoms with Crippen molar-refractivity contribution >= 4 is 22.4 Å². The number of anilines is 2. The molecule has 0 aliphatic carbocycles. The highest BCUT2D eigenvalue weighted by Crippen LogP contribution is 2.28. The van der Waals surface area contributed by atoms with Crippen molar-refractivity contribution in [1.82, 2.24) is 9.97 Å². The highest BCUT2D eigenvalue weighted by molar-refractivity contribution is 5.95. The summed E-state index contributed by atoms with van der Waals surface area (Å²) < 4.78 is 0. The molecule has 3 N–H and O–H groups in total. The molecule has 0 aliphatic rings. The van der Waals surface area contributed by atoms with Gasteiger partial charge in [-0.25, -0.2) is 9.97 Å². The molecular formula is C21H18N4. The van der Waals surface area contributed by atoms with E-state index in [-0.39, 0.29) is 0 Å². The Kier molecular flexibility index (Phi) is 4.01. The van der Waals surface area contributed by atoms with E-state index >= 15 is 0 Å². The van der Waals surface area contributed by atoms with Crippen LogP contribution in [0.2, 0.25) is 0 Å². The summed E-state index contributed by atoms with van der Waals surface area (Å²) in [7, 11) is 0. The average Bonchev–Trinajstić information content (AvgIpc) is 2.68. The van der Waals surface area contributed by atoms with Crippen molar-refractivity contribution in [2.45, 2.75) is 6.54 Å². The van der Waals surface area contributed by atoms with E-state index in [1.165, 1.54) is 10.9 Å². The number of benzene rings is 3. The number of hydrogen-bond donors (Lipinski definition) is 2. The van der Waals surface area contributed by atoms with Gasteiger partial charge in [0.2, 0.25) is 0 Å². The number of fused-ring (bicyclic) bond motifs is 1. The molecule has 0 aliphatic heterocycles. The third-order valence-corrected chi connectivity index (χ3v) is 4.17. The number of nitrogen functional groups attached to an aromatic ring is 1. The molecule has 0 unspecified atom stereocenters. The maximum atomic E-state index is 6.01. The molecule has 4 nitrogen and oxygen atoms in total. The van der Waals surface area contributed by atoms with Gasteiger partial charge in [-0.2, -0.15) is 0 Å². The molecule has 1 aromatic heterocycles. The van der Waals surface area contributed by atoms with Crippen molar-refractivity contribution < 1.29 is 0 Å². The van der Waals surface area contributed by atoms with Gasteiger partial charge in [0.25, 0.3) is 0 Å². The number of aromatic nitrogens is 2. The lowest BCUT2D eigenvalue weighted by Crippen LogP contribution is -2.06. The molecule has 3 aromatic carbocycles. The topological polar surface area (TPSA) is 63.8 Å². The first-order valence-electron chi connectivity index (χ1n) is 8.20. The molecule has 4 rings (SSSR count). The highest BCUT2D eigenvalue weighted by atomic mass is 15.1. The number of nitrogens with two attached hydrogens (primary N) is 1. The summed E-state index contributed by atoms with van der Waals surface area (Å²) in [6.07, 6.45) is 1.73. The summed E-state index contributed by atoms with van der Waals surface area (Å²) in [5.41, 5.74) is 9.03. The Hall–Kier alpha value is -3.40. The monoisotopic (exact) mass is 326 g/mol. The molecule has 122 valence electrons. The number of rotatable bonds is 4. The molecule has 25 heavy (non-hydrogen) atoms. The van der Waals surface area contributed by atoms with E-state index in [0.717, 1.165) is 16.6 Å². The van der Waals surface area contributed by atoms with Crippen LogP contribution >= 0.6 is 0 Å². The minimum absolute atomic E-state index is 0.403. The van der Waals surface area contributed by atoms with Crippen molar-refractivity contribution in [3.8, 4) is 11.3 Å². The Labute approximate surface area is 146 Å². The third kappa shape index (κ3) is 3.15. The van der Waals surface area contributed by atoms with Crippen molar-refractivity contribution in [3.05, 3.63) is 84.6 Å². The van der Waals surface area contributed by atoms with Gasteiger partial charge in [-0.15, -0.1) is 0 Å². The van der Waals surface area contributed by atoms with E-state index in [9.17, 15) is 0 Å². The number of hydrogen-bond acceptors (Lipinski definition) is 4. The first kappa shape index (κ1) is 15.1. The molecule has 0 radical (unpaired) electrons. The molecule has 4 aromatic rings. The summed E-state index contributed by atoms with van der Waals surface area (Å²) in [5, 5.41) is 5.62. The van der Waals surface area contributed by atoms with E-state index in [4.69, 9.17) is 10.7 Å². The van der Waals surface area contributed by atoms with Crippen LogP contribution in [0.4, 0.5) is 11.6 Å². The van der Waals surface area contributed by atoms with Gasteiger partial charge < -0.3 is 11.1 Å². The van der Waals surface area contributed by atoms with Crippen LogP contribution in [0.3, 0.4) is 0 Å². The zero-order chi connectivity index (χ0) is 17.1. The van der Waals surface area contributed by atoms with Crippen molar-refractivity contribution in [3.63, 3.8) is 0 Å². The SMILES string of the molecule is Nc1ncc(-c2cccc3ccccc23)nc1NCc1ccccc1. The summed E-state index contributed by atoms with van der Waals surface area (Å²) in [6.45, 7) is 0.651. The van der Waals surface area contributed by atoms with Crippen LogP contribution in [0.5, 0.6) is 0 Å². The van der Waals surface area contributed by atoms with Crippen LogP contribution in [0, 0.1) is 0 Å². The summed E-state index contributed by atoms with van der Waals surface area (Å²) in [6, 6.07) is 24.6. The van der Waals surface area contributed by atoms with Gasteiger partial charge in [0, 0.05) is 12.1 Å². The van der Waals surface area contributed by atoms with Crippen LogP contribution < -0.4 is 11.1 Å². The van der Waals surface area contributed by atoms with Gasteiger partial charge in [0.1, 0.15) is 0 Å². The minimum Gasteiger partial charge on any atom is -0.381 e. The van der Waals surface area contributed by atoms with E-state index < -0.39 is 0 Å². The van der Waals surface area contributed by atoms with Gasteiger partial charge in [-0.05, 0) is 16.3 Å². The molecular weight excluding hydrogens is 308 g/mol. The average molecular weight is 326 g/mol. The van der Waals surface area contributed by atoms with Gasteiger partial charge in [-0.1, -0.05) is 72.8 Å². The predicted molar refractivity (Wildman–Crippen MR) is 103 cm³/mol. The lowest BCUT2D eigenvalue weighted by Gasteiger charge is -2.11. The number of nitrogens with zero attached hydrogens (tertiary/aromatic N) is 2. The van der Waals surface area contributed by atoms with Crippen molar-refractivity contribution in [2.75, 3.05) is 11.1 Å². The molecule has 0 saturated heterocycles. The molecule has 0 bridgehead atoms. The Morgan fingerprint density at radius 3 is 2.48 bits per heavy atom. The first-order valence-corrected chi connectivity index (χ1v) is 8.20. The quantitative estimate of drug-likeness (QED) is 0.580. The summed E-state index contributed by atoms with van der Waals surface area (Å²) in [5.74, 6) is 1.01. The Bertz CT molecular complexity index is 1010. The molecule has 1 heterocycles. The van der Waals surface area contributed by atoms with Crippen molar-refractivity contribution in [2.24, 2.45) is 0 Å². The minimum atomic E-state index is 0.403. The van der Waals surface area contributed by atoms with E-state index in [1.54, 1.807) is 6.20 Å². The molecule has 4 heteroatoms. The summed E-state index contributed by atoms with van der Waals surface area (Å²) >= 11 is 0. The smallest absolute Gasteiger partial charge is 0.169 e. The maximum Gasteiger partial charge on any atom is 0.169 e. The Balaban J connectivity index is 1.69. The maximum absolute atomic E-state index is 6.01. The van der Waals surface area contributed by atoms with Gasteiger partial charge in [0.05, 0.1) is 11.9 Å². The summed E-state index contributed by atoms with van der Waals surface area (Å²) in [4.78, 5) is 9.04. The fraction of sp³-hybridized carbons (Fsp3) is 0.0476. The fourth-order valence-corrected chi connectivity index (χ4v) is 2.89. The molecule has 0 spiro atoms. The van der Waals surface area contributed by atoms with Crippen LogP contribution in [0.15, 0.2) is 79.0 Å². The van der Waals surface area contributed by atoms with E-state index in [2.05, 4.69) is 46.7 Å². The lowest BCUT2D eigenvalue weighted by atomic mass is 10.0. The van der Waals surface area contributed by atoms with Crippen LogP contribution in [-0.2, 0) is 6.54 Å². The van der Waals surface area contributed by atoms with Gasteiger partial charge in [0.15, 0.2) is 11.6 Å². The largest absolute Gasteiger partial charge is 0.381 e. The molecule has 0 saturated carbocycles. The van der Waals surface area contributed by atoms with Crippen LogP contribution in [0.1, 0.15) is 5.56 Å². The highest BCUT2D eigenvalue weighted by Gasteiger charge is 2.09. The van der Waals surface area contributed by atoms with E-state index in [1.807, 2.05) is 36.4 Å². The Morgan fingerprint density at radius 1 is 0.840 bits per heavy atom. The van der Waals surface area contributed by atoms with Crippen LogP contribution in [0.25, 0.3) is 22.0 Å². The normalized spacial score (nSPS) is 10.7. The van der Waals surface area contributed by atoms with Gasteiger partial charge in [-0.3, -0.25) is 0 Å². The second kappa shape index (κ2) is 6.61. The fourth-order valence-electron chi connectivity index (χ4n) is 2.89. The van der Waals surface area contributed by atoms with Gasteiger partial charge >= 0.3 is 0 Å². The Morgan fingerprint density at radius 2 is 1.60 bits per heavy atom. The third-order valence-electron chi connectivity index (χ3n) is 4.17.